The summed E-state index contributed by atoms with van der Waals surface area (Å²) in [6, 6.07) is 3.13. The Hall–Kier alpha value is -1.11. The predicted octanol–water partition coefficient (Wildman–Crippen LogP) is 1.03. The van der Waals surface area contributed by atoms with Gasteiger partial charge in [-0.15, -0.1) is 0 Å². The Labute approximate surface area is 114 Å². The Morgan fingerprint density at radius 1 is 1.42 bits per heavy atom. The molecule has 1 aromatic carbocycles. The topological polar surface area (TPSA) is 83.6 Å². The lowest BCUT2D eigenvalue weighted by Gasteiger charge is -2.24. The lowest BCUT2D eigenvalue weighted by atomic mass is 10.1. The third kappa shape index (κ3) is 2.35. The predicted molar refractivity (Wildman–Crippen MR) is 74.3 cm³/mol. The molecule has 0 radical (unpaired) electrons. The van der Waals surface area contributed by atoms with Crippen LogP contribution in [-0.2, 0) is 10.0 Å². The van der Waals surface area contributed by atoms with Gasteiger partial charge in [-0.25, -0.2) is 8.42 Å². The van der Waals surface area contributed by atoms with Gasteiger partial charge in [0, 0.05) is 18.3 Å². The molecule has 0 aliphatic carbocycles. The summed E-state index contributed by atoms with van der Waals surface area (Å²) in [4.78, 5) is 0.285. The zero-order chi connectivity index (χ0) is 14.2. The summed E-state index contributed by atoms with van der Waals surface area (Å²) in [6.45, 7) is 3.81. The van der Waals surface area contributed by atoms with Crippen molar-refractivity contribution in [2.45, 2.75) is 37.6 Å². The first-order chi connectivity index (χ1) is 8.89. The zero-order valence-electron chi connectivity index (χ0n) is 11.3. The highest BCUT2D eigenvalue weighted by Gasteiger charge is 2.36. The maximum absolute atomic E-state index is 12.8. The number of rotatable bonds is 3. The summed E-state index contributed by atoms with van der Waals surface area (Å²) in [7, 11) is -3.59. The van der Waals surface area contributed by atoms with Gasteiger partial charge in [-0.2, -0.15) is 4.31 Å². The van der Waals surface area contributed by atoms with Crippen LogP contribution in [0.5, 0.6) is 0 Å². The van der Waals surface area contributed by atoms with Gasteiger partial charge in [-0.1, -0.05) is 6.07 Å². The molecule has 0 spiro atoms. The van der Waals surface area contributed by atoms with E-state index in [2.05, 4.69) is 0 Å². The Kier molecular flexibility index (Phi) is 3.85. The standard InChI is InChI=1S/C13H20N2O3S/c1-9-5-6-12(14)10(2)13(9)19(17,18)15-7-3-4-11(15)8-16/h5-6,11,16H,3-4,7-8,14H2,1-2H3/t11-/m1/s1. The lowest BCUT2D eigenvalue weighted by molar-refractivity contribution is 0.213. The van der Waals surface area contributed by atoms with Gasteiger partial charge in [0.1, 0.15) is 0 Å². The second-order valence-corrected chi connectivity index (χ2v) is 6.85. The number of aryl methyl sites for hydroxylation is 1. The lowest BCUT2D eigenvalue weighted by Crippen LogP contribution is -2.38. The van der Waals surface area contributed by atoms with Crippen LogP contribution in [0.4, 0.5) is 5.69 Å². The average molecular weight is 284 g/mol. The first-order valence-electron chi connectivity index (χ1n) is 6.38. The molecule has 1 heterocycles. The van der Waals surface area contributed by atoms with Gasteiger partial charge in [-0.05, 0) is 43.9 Å². The normalized spacial score (nSPS) is 20.9. The van der Waals surface area contributed by atoms with Gasteiger partial charge in [-0.3, -0.25) is 0 Å². The molecule has 1 aromatic rings. The molecule has 0 saturated carbocycles. The molecular formula is C13H20N2O3S. The van der Waals surface area contributed by atoms with Crippen molar-refractivity contribution in [3.05, 3.63) is 23.3 Å². The summed E-state index contributed by atoms with van der Waals surface area (Å²) >= 11 is 0. The number of hydrogen-bond acceptors (Lipinski definition) is 4. The van der Waals surface area contributed by atoms with E-state index in [1.807, 2.05) is 0 Å². The number of nitrogen functional groups attached to an aromatic ring is 1. The summed E-state index contributed by atoms with van der Waals surface area (Å²) in [6.07, 6.45) is 1.49. The van der Waals surface area contributed by atoms with E-state index < -0.39 is 10.0 Å². The molecule has 1 saturated heterocycles. The van der Waals surface area contributed by atoms with Crippen molar-refractivity contribution in [3.63, 3.8) is 0 Å². The van der Waals surface area contributed by atoms with E-state index in [4.69, 9.17) is 5.73 Å². The maximum Gasteiger partial charge on any atom is 0.244 e. The second kappa shape index (κ2) is 5.11. The molecule has 1 atom stereocenters. The number of hydrogen-bond donors (Lipinski definition) is 2. The summed E-state index contributed by atoms with van der Waals surface area (Å²) < 4.78 is 26.9. The van der Waals surface area contributed by atoms with E-state index in [0.717, 1.165) is 6.42 Å². The molecule has 1 aliphatic rings. The summed E-state index contributed by atoms with van der Waals surface area (Å²) in [5.74, 6) is 0. The molecule has 6 heteroatoms. The minimum Gasteiger partial charge on any atom is -0.398 e. The largest absolute Gasteiger partial charge is 0.398 e. The van der Waals surface area contributed by atoms with E-state index in [1.165, 1.54) is 4.31 Å². The van der Waals surface area contributed by atoms with Crippen molar-refractivity contribution in [3.8, 4) is 0 Å². The Bertz CT molecular complexity index is 584. The zero-order valence-corrected chi connectivity index (χ0v) is 12.1. The minimum atomic E-state index is -3.59. The van der Waals surface area contributed by atoms with Crippen molar-refractivity contribution in [2.24, 2.45) is 0 Å². The third-order valence-electron chi connectivity index (χ3n) is 3.75. The molecule has 0 aromatic heterocycles. The molecule has 2 rings (SSSR count). The van der Waals surface area contributed by atoms with Gasteiger partial charge in [0.05, 0.1) is 11.5 Å². The maximum atomic E-state index is 12.8. The third-order valence-corrected chi connectivity index (χ3v) is 5.99. The van der Waals surface area contributed by atoms with Crippen LogP contribution in [-0.4, -0.2) is 37.0 Å². The smallest absolute Gasteiger partial charge is 0.244 e. The Balaban J connectivity index is 2.54. The molecule has 1 aliphatic heterocycles. The quantitative estimate of drug-likeness (QED) is 0.812. The van der Waals surface area contributed by atoms with E-state index in [-0.39, 0.29) is 17.5 Å². The van der Waals surface area contributed by atoms with Crippen molar-refractivity contribution in [1.82, 2.24) is 4.31 Å². The fourth-order valence-electron chi connectivity index (χ4n) is 2.66. The van der Waals surface area contributed by atoms with Crippen molar-refractivity contribution < 1.29 is 13.5 Å². The SMILES string of the molecule is Cc1ccc(N)c(C)c1S(=O)(=O)N1CCC[C@@H]1CO. The van der Waals surface area contributed by atoms with Crippen LogP contribution in [0.25, 0.3) is 0 Å². The molecule has 0 unspecified atom stereocenters. The molecule has 0 amide bonds. The first kappa shape index (κ1) is 14.3. The van der Waals surface area contributed by atoms with Crippen LogP contribution in [0.15, 0.2) is 17.0 Å². The number of nitrogens with zero attached hydrogens (tertiary/aromatic N) is 1. The van der Waals surface area contributed by atoms with Gasteiger partial charge in [0.15, 0.2) is 0 Å². The van der Waals surface area contributed by atoms with Gasteiger partial charge in [0.2, 0.25) is 10.0 Å². The molecule has 0 bridgehead atoms. The van der Waals surface area contributed by atoms with Gasteiger partial charge in [0.25, 0.3) is 0 Å². The summed E-state index contributed by atoms with van der Waals surface area (Å²) in [5.41, 5.74) is 7.57. The van der Waals surface area contributed by atoms with Crippen LogP contribution in [0.1, 0.15) is 24.0 Å². The highest BCUT2D eigenvalue weighted by atomic mass is 32.2. The molecular weight excluding hydrogens is 264 g/mol. The highest BCUT2D eigenvalue weighted by molar-refractivity contribution is 7.89. The van der Waals surface area contributed by atoms with E-state index in [1.54, 1.807) is 26.0 Å². The first-order valence-corrected chi connectivity index (χ1v) is 7.82. The number of sulfonamides is 1. The number of nitrogens with two attached hydrogens (primary N) is 1. The van der Waals surface area contributed by atoms with Crippen LogP contribution >= 0.6 is 0 Å². The summed E-state index contributed by atoms with van der Waals surface area (Å²) in [5, 5.41) is 9.31. The van der Waals surface area contributed by atoms with Crippen molar-refractivity contribution in [2.75, 3.05) is 18.9 Å². The number of benzene rings is 1. The van der Waals surface area contributed by atoms with Crippen LogP contribution in [0, 0.1) is 13.8 Å². The number of anilines is 1. The van der Waals surface area contributed by atoms with Crippen LogP contribution in [0.3, 0.4) is 0 Å². The molecule has 3 N–H and O–H groups in total. The molecule has 5 nitrogen and oxygen atoms in total. The van der Waals surface area contributed by atoms with Gasteiger partial charge < -0.3 is 10.8 Å². The molecule has 1 fully saturated rings. The monoisotopic (exact) mass is 284 g/mol. The van der Waals surface area contributed by atoms with Crippen molar-refractivity contribution >= 4 is 15.7 Å². The molecule has 19 heavy (non-hydrogen) atoms. The molecule has 106 valence electrons. The van der Waals surface area contributed by atoms with Crippen LogP contribution in [0.2, 0.25) is 0 Å². The van der Waals surface area contributed by atoms with E-state index in [9.17, 15) is 13.5 Å². The van der Waals surface area contributed by atoms with Gasteiger partial charge >= 0.3 is 0 Å². The number of aliphatic hydroxyl groups is 1. The average Bonchev–Trinajstić information content (AvgIpc) is 2.83. The van der Waals surface area contributed by atoms with E-state index in [0.29, 0.717) is 29.8 Å². The minimum absolute atomic E-state index is 0.139. The van der Waals surface area contributed by atoms with Crippen LogP contribution < -0.4 is 5.73 Å². The highest BCUT2D eigenvalue weighted by Crippen LogP contribution is 2.31. The fraction of sp³-hybridized carbons (Fsp3) is 0.538. The number of aliphatic hydroxyl groups excluding tert-OH is 1. The fourth-order valence-corrected chi connectivity index (χ4v) is 4.81. The van der Waals surface area contributed by atoms with E-state index >= 15 is 0 Å². The van der Waals surface area contributed by atoms with Crippen molar-refractivity contribution in [1.29, 1.82) is 0 Å². The Morgan fingerprint density at radius 3 is 2.74 bits per heavy atom. The second-order valence-electron chi connectivity index (χ2n) is 5.02. The Morgan fingerprint density at radius 2 is 2.11 bits per heavy atom.